The van der Waals surface area contributed by atoms with Gasteiger partial charge < -0.3 is 20.2 Å². The van der Waals surface area contributed by atoms with Crippen molar-refractivity contribution >= 4 is 6.03 Å². The Balaban J connectivity index is 1.22. The number of halogens is 1. The van der Waals surface area contributed by atoms with Gasteiger partial charge in [0.25, 0.3) is 5.56 Å². The summed E-state index contributed by atoms with van der Waals surface area (Å²) in [5.74, 6) is -0.349. The lowest BCUT2D eigenvalue weighted by atomic mass is 9.66. The molecule has 2 atom stereocenters. The number of nitrogens with one attached hydrogen (secondary N) is 1. The molecule has 2 aromatic carbocycles. The highest BCUT2D eigenvalue weighted by atomic mass is 19.1. The lowest BCUT2D eigenvalue weighted by Gasteiger charge is -2.53. The van der Waals surface area contributed by atoms with Crippen LogP contribution in [0.1, 0.15) is 43.7 Å². The normalized spacial score (nSPS) is 24.4. The van der Waals surface area contributed by atoms with Crippen molar-refractivity contribution in [3.05, 3.63) is 88.7 Å². The SMILES string of the molecule is O=C(N1CCC(O)(Cn2cnc(-c3ccc(F)cc3)cc2=O)C2(CCCC2)C1)N1CCNCC1c1ccccc1. The highest BCUT2D eigenvalue weighted by Crippen LogP contribution is 2.51. The van der Waals surface area contributed by atoms with Gasteiger partial charge in [0, 0.05) is 49.8 Å². The molecule has 6 rings (SSSR count). The van der Waals surface area contributed by atoms with Crippen LogP contribution in [0.15, 0.2) is 71.8 Å². The number of urea groups is 1. The van der Waals surface area contributed by atoms with E-state index in [9.17, 15) is 19.1 Å². The first-order valence-electron chi connectivity index (χ1n) is 14.2. The Morgan fingerprint density at radius 1 is 1.05 bits per heavy atom. The van der Waals surface area contributed by atoms with Gasteiger partial charge in [-0.1, -0.05) is 43.2 Å². The van der Waals surface area contributed by atoms with Crippen molar-refractivity contribution < 1.29 is 14.3 Å². The van der Waals surface area contributed by atoms with Crippen molar-refractivity contribution in [2.75, 3.05) is 32.7 Å². The van der Waals surface area contributed by atoms with Gasteiger partial charge in [0.1, 0.15) is 5.82 Å². The molecule has 8 nitrogen and oxygen atoms in total. The van der Waals surface area contributed by atoms with E-state index in [1.807, 2.05) is 28.0 Å². The molecular formula is C31H36FN5O3. The monoisotopic (exact) mass is 545 g/mol. The average Bonchev–Trinajstić information content (AvgIpc) is 3.46. The Hall–Kier alpha value is -3.56. The van der Waals surface area contributed by atoms with E-state index in [-0.39, 0.29) is 30.0 Å². The van der Waals surface area contributed by atoms with Gasteiger partial charge in [-0.2, -0.15) is 0 Å². The van der Waals surface area contributed by atoms with Crippen LogP contribution in [-0.4, -0.2) is 68.8 Å². The Morgan fingerprint density at radius 2 is 1.80 bits per heavy atom. The molecule has 2 N–H and O–H groups in total. The van der Waals surface area contributed by atoms with Crippen LogP contribution in [0.3, 0.4) is 0 Å². The second-order valence-corrected chi connectivity index (χ2v) is 11.5. The molecule has 1 aromatic heterocycles. The zero-order chi connectivity index (χ0) is 27.7. The van der Waals surface area contributed by atoms with E-state index in [1.54, 1.807) is 12.1 Å². The number of likely N-dealkylation sites (tertiary alicyclic amines) is 1. The number of benzene rings is 2. The molecule has 9 heteroatoms. The maximum absolute atomic E-state index is 13.9. The summed E-state index contributed by atoms with van der Waals surface area (Å²) < 4.78 is 14.8. The van der Waals surface area contributed by atoms with E-state index >= 15 is 0 Å². The van der Waals surface area contributed by atoms with Gasteiger partial charge in [-0.25, -0.2) is 14.2 Å². The minimum atomic E-state index is -1.13. The van der Waals surface area contributed by atoms with Gasteiger partial charge in [-0.3, -0.25) is 9.36 Å². The van der Waals surface area contributed by atoms with Crippen LogP contribution in [0, 0.1) is 11.2 Å². The number of hydrogen-bond donors (Lipinski definition) is 2. The number of aliphatic hydroxyl groups is 1. The highest BCUT2D eigenvalue weighted by molar-refractivity contribution is 5.75. The number of amides is 2. The van der Waals surface area contributed by atoms with Crippen LogP contribution in [0.2, 0.25) is 0 Å². The van der Waals surface area contributed by atoms with Crippen molar-refractivity contribution in [2.45, 2.75) is 50.3 Å². The fourth-order valence-electron chi connectivity index (χ4n) is 6.95. The molecule has 2 unspecified atom stereocenters. The zero-order valence-corrected chi connectivity index (χ0v) is 22.6. The van der Waals surface area contributed by atoms with Crippen LogP contribution >= 0.6 is 0 Å². The molecule has 3 heterocycles. The predicted octanol–water partition coefficient (Wildman–Crippen LogP) is 3.81. The molecular weight excluding hydrogens is 509 g/mol. The van der Waals surface area contributed by atoms with Gasteiger partial charge in [-0.15, -0.1) is 0 Å². The van der Waals surface area contributed by atoms with Crippen molar-refractivity contribution in [1.82, 2.24) is 24.7 Å². The number of piperazine rings is 1. The van der Waals surface area contributed by atoms with Gasteiger partial charge in [0.2, 0.25) is 0 Å². The van der Waals surface area contributed by atoms with Gasteiger partial charge in [-0.05, 0) is 49.1 Å². The molecule has 1 spiro atoms. The van der Waals surface area contributed by atoms with E-state index < -0.39 is 11.0 Å². The van der Waals surface area contributed by atoms with Crippen molar-refractivity contribution in [3.8, 4) is 11.3 Å². The van der Waals surface area contributed by atoms with Gasteiger partial charge in [0.15, 0.2) is 0 Å². The molecule has 210 valence electrons. The second-order valence-electron chi connectivity index (χ2n) is 11.5. The summed E-state index contributed by atoms with van der Waals surface area (Å²) in [7, 11) is 0. The van der Waals surface area contributed by atoms with E-state index in [0.717, 1.165) is 37.8 Å². The second kappa shape index (κ2) is 10.8. The number of nitrogens with zero attached hydrogens (tertiary/aromatic N) is 4. The third-order valence-corrected chi connectivity index (χ3v) is 9.23. The van der Waals surface area contributed by atoms with E-state index in [4.69, 9.17) is 0 Å². The Labute approximate surface area is 233 Å². The molecule has 3 aliphatic rings. The summed E-state index contributed by atoms with van der Waals surface area (Å²) in [6.45, 7) is 3.13. The molecule has 0 radical (unpaired) electrons. The van der Waals surface area contributed by atoms with Crippen LogP contribution < -0.4 is 10.9 Å². The highest BCUT2D eigenvalue weighted by Gasteiger charge is 2.56. The summed E-state index contributed by atoms with van der Waals surface area (Å²) in [4.78, 5) is 35.4. The predicted molar refractivity (Wildman–Crippen MR) is 150 cm³/mol. The minimum absolute atomic E-state index is 0.0196. The summed E-state index contributed by atoms with van der Waals surface area (Å²) in [5, 5.41) is 15.6. The fraction of sp³-hybridized carbons (Fsp3) is 0.452. The molecule has 3 fully saturated rings. The minimum Gasteiger partial charge on any atom is -0.387 e. The lowest BCUT2D eigenvalue weighted by Crippen LogP contribution is -2.64. The lowest BCUT2D eigenvalue weighted by molar-refractivity contribution is -0.137. The van der Waals surface area contributed by atoms with E-state index in [1.165, 1.54) is 29.1 Å². The third-order valence-electron chi connectivity index (χ3n) is 9.23. The third kappa shape index (κ3) is 4.92. The number of aromatic nitrogens is 2. The largest absolute Gasteiger partial charge is 0.387 e. The number of piperidine rings is 1. The molecule has 2 saturated heterocycles. The smallest absolute Gasteiger partial charge is 0.320 e. The number of carbonyl (C=O) groups excluding carboxylic acids is 1. The number of rotatable bonds is 4. The molecule has 1 saturated carbocycles. The Kier molecular flexibility index (Phi) is 7.18. The summed E-state index contributed by atoms with van der Waals surface area (Å²) >= 11 is 0. The molecule has 0 bridgehead atoms. The standard InChI is InChI=1S/C31H36FN5O3/c32-25-10-8-23(9-11-25)26-18-28(38)36(22-34-26)21-31(40)14-16-35(20-30(31)12-4-5-13-30)29(39)37-17-15-33-19-27(37)24-6-2-1-3-7-24/h1-3,6-11,18,22,27,33,40H,4-5,12-17,19-21H2. The molecule has 2 amide bonds. The van der Waals surface area contributed by atoms with Crippen LogP contribution in [0.25, 0.3) is 11.3 Å². The average molecular weight is 546 g/mol. The van der Waals surface area contributed by atoms with Gasteiger partial charge in [0.05, 0.1) is 30.2 Å². The molecule has 2 aliphatic heterocycles. The number of carbonyl (C=O) groups is 1. The van der Waals surface area contributed by atoms with Crippen molar-refractivity contribution in [2.24, 2.45) is 5.41 Å². The van der Waals surface area contributed by atoms with Crippen LogP contribution in [-0.2, 0) is 6.54 Å². The first-order valence-corrected chi connectivity index (χ1v) is 14.2. The van der Waals surface area contributed by atoms with E-state index in [2.05, 4.69) is 22.4 Å². The summed E-state index contributed by atoms with van der Waals surface area (Å²) in [6, 6.07) is 17.4. The topological polar surface area (TPSA) is 90.7 Å². The van der Waals surface area contributed by atoms with Gasteiger partial charge >= 0.3 is 6.03 Å². The van der Waals surface area contributed by atoms with Crippen LogP contribution in [0.5, 0.6) is 0 Å². The van der Waals surface area contributed by atoms with Crippen molar-refractivity contribution in [3.63, 3.8) is 0 Å². The number of hydrogen-bond acceptors (Lipinski definition) is 5. The summed E-state index contributed by atoms with van der Waals surface area (Å²) in [6.07, 6.45) is 5.47. The molecule has 1 aliphatic carbocycles. The maximum atomic E-state index is 13.9. The quantitative estimate of drug-likeness (QED) is 0.521. The fourth-order valence-corrected chi connectivity index (χ4v) is 6.95. The Morgan fingerprint density at radius 3 is 2.52 bits per heavy atom. The molecule has 3 aromatic rings. The van der Waals surface area contributed by atoms with Crippen molar-refractivity contribution in [1.29, 1.82) is 0 Å². The summed E-state index contributed by atoms with van der Waals surface area (Å²) in [5.41, 5.74) is 0.361. The van der Waals surface area contributed by atoms with Crippen LogP contribution in [0.4, 0.5) is 9.18 Å². The first kappa shape index (κ1) is 26.7. The zero-order valence-electron chi connectivity index (χ0n) is 22.6. The Bertz CT molecular complexity index is 1410. The molecule has 40 heavy (non-hydrogen) atoms. The van der Waals surface area contributed by atoms with E-state index in [0.29, 0.717) is 43.9 Å². The maximum Gasteiger partial charge on any atom is 0.320 e. The first-order chi connectivity index (χ1) is 19.4.